The van der Waals surface area contributed by atoms with Gasteiger partial charge in [-0.25, -0.2) is 0 Å². The first-order chi connectivity index (χ1) is 5.35. The van der Waals surface area contributed by atoms with Crippen LogP contribution in [-0.2, 0) is 0 Å². The molecule has 0 saturated heterocycles. The molecular weight excluding hydrogens is 171 g/mol. The topological polar surface area (TPSA) is 32.3 Å². The van der Waals surface area contributed by atoms with Crippen LogP contribution in [0.5, 0.6) is 0 Å². The molecule has 0 aromatic rings. The number of rotatable bonds is 4. The molecule has 2 nitrogen and oxygen atoms in total. The van der Waals surface area contributed by atoms with E-state index in [1.807, 2.05) is 0 Å². The Bertz CT molecular complexity index is 124. The normalized spacial score (nSPS) is 15.2. The van der Waals surface area contributed by atoms with Gasteiger partial charge in [0.2, 0.25) is 0 Å². The summed E-state index contributed by atoms with van der Waals surface area (Å²) < 4.78 is 35.4. The van der Waals surface area contributed by atoms with E-state index in [1.165, 1.54) is 0 Å². The average molecular weight is 185 g/mol. The van der Waals surface area contributed by atoms with Gasteiger partial charge in [-0.2, -0.15) is 13.2 Å². The van der Waals surface area contributed by atoms with Gasteiger partial charge in [0.1, 0.15) is 0 Å². The molecule has 0 aliphatic rings. The largest absolute Gasteiger partial charge is 0.395 e. The molecule has 0 heterocycles. The van der Waals surface area contributed by atoms with E-state index in [4.69, 9.17) is 5.11 Å². The number of hydrogen-bond acceptors (Lipinski definition) is 2. The third kappa shape index (κ3) is 6.42. The molecule has 1 unspecified atom stereocenters. The summed E-state index contributed by atoms with van der Waals surface area (Å²) in [6.45, 7) is 2.98. The predicted molar refractivity (Wildman–Crippen MR) is 39.8 cm³/mol. The molecule has 0 spiro atoms. The lowest BCUT2D eigenvalue weighted by Gasteiger charge is -2.20. The van der Waals surface area contributed by atoms with Crippen LogP contribution in [0, 0.1) is 0 Å². The molecule has 1 atom stereocenters. The summed E-state index contributed by atoms with van der Waals surface area (Å²) in [5.74, 6) is 0. The van der Waals surface area contributed by atoms with Gasteiger partial charge in [0, 0.05) is 12.1 Å². The highest BCUT2D eigenvalue weighted by Crippen LogP contribution is 2.21. The molecule has 2 N–H and O–H groups in total. The second-order valence-electron chi connectivity index (χ2n) is 3.02. The molecule has 0 bridgehead atoms. The first kappa shape index (κ1) is 11.7. The van der Waals surface area contributed by atoms with Crippen LogP contribution in [0.15, 0.2) is 0 Å². The maximum Gasteiger partial charge on any atom is 0.390 e. The molecular formula is C7H14F3NO. The summed E-state index contributed by atoms with van der Waals surface area (Å²) in [5.41, 5.74) is 0. The molecule has 0 saturated carbocycles. The maximum absolute atomic E-state index is 11.8. The molecule has 74 valence electrons. The zero-order valence-corrected chi connectivity index (χ0v) is 7.15. The molecule has 12 heavy (non-hydrogen) atoms. The van der Waals surface area contributed by atoms with Crippen molar-refractivity contribution in [3.05, 3.63) is 0 Å². The maximum atomic E-state index is 11.8. The van der Waals surface area contributed by atoms with Crippen LogP contribution < -0.4 is 5.32 Å². The summed E-state index contributed by atoms with van der Waals surface area (Å²) in [6, 6.07) is -0.936. The third-order valence-corrected chi connectivity index (χ3v) is 1.27. The first-order valence-electron chi connectivity index (χ1n) is 3.79. The Morgan fingerprint density at radius 3 is 2.08 bits per heavy atom. The summed E-state index contributed by atoms with van der Waals surface area (Å²) in [6.07, 6.45) is -5.20. The van der Waals surface area contributed by atoms with Crippen molar-refractivity contribution >= 4 is 0 Å². The van der Waals surface area contributed by atoms with Crippen molar-refractivity contribution in [2.24, 2.45) is 0 Å². The Labute approximate surface area is 69.8 Å². The van der Waals surface area contributed by atoms with Crippen LogP contribution in [0.2, 0.25) is 0 Å². The monoisotopic (exact) mass is 185 g/mol. The van der Waals surface area contributed by atoms with Crippen molar-refractivity contribution in [2.75, 3.05) is 6.61 Å². The lowest BCUT2D eigenvalue weighted by atomic mass is 10.2. The van der Waals surface area contributed by atoms with E-state index in [-0.39, 0.29) is 6.04 Å². The number of aliphatic hydroxyl groups is 1. The number of nitrogens with one attached hydrogen (secondary N) is 1. The van der Waals surface area contributed by atoms with Gasteiger partial charge in [0.15, 0.2) is 0 Å². The van der Waals surface area contributed by atoms with Gasteiger partial charge in [-0.1, -0.05) is 13.8 Å². The first-order valence-corrected chi connectivity index (χ1v) is 3.79. The Balaban J connectivity index is 3.83. The summed E-state index contributed by atoms with van der Waals surface area (Å²) >= 11 is 0. The number of halogens is 3. The van der Waals surface area contributed by atoms with E-state index in [9.17, 15) is 13.2 Å². The van der Waals surface area contributed by atoms with Gasteiger partial charge < -0.3 is 10.4 Å². The zero-order valence-electron chi connectivity index (χ0n) is 7.15. The van der Waals surface area contributed by atoms with E-state index < -0.39 is 25.2 Å². The minimum Gasteiger partial charge on any atom is -0.395 e. The van der Waals surface area contributed by atoms with Gasteiger partial charge in [0.25, 0.3) is 0 Å². The highest BCUT2D eigenvalue weighted by Gasteiger charge is 2.31. The smallest absolute Gasteiger partial charge is 0.390 e. The summed E-state index contributed by atoms with van der Waals surface area (Å²) in [5, 5.41) is 11.2. The fraction of sp³-hybridized carbons (Fsp3) is 1.00. The second kappa shape index (κ2) is 4.67. The van der Waals surface area contributed by atoms with Gasteiger partial charge >= 0.3 is 6.18 Å². The van der Waals surface area contributed by atoms with Crippen LogP contribution in [-0.4, -0.2) is 30.0 Å². The van der Waals surface area contributed by atoms with Crippen molar-refractivity contribution in [1.82, 2.24) is 5.32 Å². The van der Waals surface area contributed by atoms with Crippen LogP contribution in [0.3, 0.4) is 0 Å². The van der Waals surface area contributed by atoms with Crippen molar-refractivity contribution in [2.45, 2.75) is 38.5 Å². The number of alkyl halides is 3. The van der Waals surface area contributed by atoms with Gasteiger partial charge in [0.05, 0.1) is 13.0 Å². The van der Waals surface area contributed by atoms with E-state index in [2.05, 4.69) is 5.32 Å². The van der Waals surface area contributed by atoms with Crippen molar-refractivity contribution in [3.8, 4) is 0 Å². The summed E-state index contributed by atoms with van der Waals surface area (Å²) in [7, 11) is 0. The van der Waals surface area contributed by atoms with Crippen LogP contribution in [0.1, 0.15) is 20.3 Å². The fourth-order valence-electron chi connectivity index (χ4n) is 0.927. The summed E-state index contributed by atoms with van der Waals surface area (Å²) in [4.78, 5) is 0. The van der Waals surface area contributed by atoms with Gasteiger partial charge in [-0.3, -0.25) is 0 Å². The SMILES string of the molecule is CC(C)NC(CO)CC(F)(F)F. The Kier molecular flexibility index (Phi) is 4.55. The molecule has 0 rings (SSSR count). The minimum atomic E-state index is -4.21. The molecule has 0 amide bonds. The Morgan fingerprint density at radius 2 is 1.83 bits per heavy atom. The van der Waals surface area contributed by atoms with Gasteiger partial charge in [-0.05, 0) is 0 Å². The number of hydrogen-bond donors (Lipinski definition) is 2. The standard InChI is InChI=1S/C7H14F3NO/c1-5(2)11-6(4-12)3-7(8,9)10/h5-6,11-12H,3-4H2,1-2H3. The Hall–Kier alpha value is -0.290. The van der Waals surface area contributed by atoms with E-state index in [1.54, 1.807) is 13.8 Å². The zero-order chi connectivity index (χ0) is 9.78. The quantitative estimate of drug-likeness (QED) is 0.691. The van der Waals surface area contributed by atoms with Crippen molar-refractivity contribution in [3.63, 3.8) is 0 Å². The molecule has 0 aliphatic carbocycles. The van der Waals surface area contributed by atoms with Crippen molar-refractivity contribution in [1.29, 1.82) is 0 Å². The fourth-order valence-corrected chi connectivity index (χ4v) is 0.927. The minimum absolute atomic E-state index is 0.0514. The van der Waals surface area contributed by atoms with Crippen LogP contribution >= 0.6 is 0 Å². The lowest BCUT2D eigenvalue weighted by molar-refractivity contribution is -0.142. The molecule has 0 fully saturated rings. The van der Waals surface area contributed by atoms with Crippen LogP contribution in [0.4, 0.5) is 13.2 Å². The lowest BCUT2D eigenvalue weighted by Crippen LogP contribution is -2.40. The van der Waals surface area contributed by atoms with Crippen LogP contribution in [0.25, 0.3) is 0 Å². The molecule has 5 heteroatoms. The predicted octanol–water partition coefficient (Wildman–Crippen LogP) is 1.30. The Morgan fingerprint density at radius 1 is 1.33 bits per heavy atom. The van der Waals surface area contributed by atoms with E-state index >= 15 is 0 Å². The van der Waals surface area contributed by atoms with Gasteiger partial charge in [-0.15, -0.1) is 0 Å². The average Bonchev–Trinajstić information content (AvgIpc) is 1.82. The molecule has 0 aromatic carbocycles. The molecule has 0 aromatic heterocycles. The highest BCUT2D eigenvalue weighted by atomic mass is 19.4. The molecule has 0 aliphatic heterocycles. The van der Waals surface area contributed by atoms with E-state index in [0.717, 1.165) is 0 Å². The highest BCUT2D eigenvalue weighted by molar-refractivity contribution is 4.71. The number of aliphatic hydroxyl groups excluding tert-OH is 1. The second-order valence-corrected chi connectivity index (χ2v) is 3.02. The molecule has 0 radical (unpaired) electrons. The van der Waals surface area contributed by atoms with Crippen molar-refractivity contribution < 1.29 is 18.3 Å². The van der Waals surface area contributed by atoms with E-state index in [0.29, 0.717) is 0 Å². The third-order valence-electron chi connectivity index (χ3n) is 1.27.